The molecule has 1 fully saturated rings. The van der Waals surface area contributed by atoms with Crippen molar-refractivity contribution in [1.82, 2.24) is 14.9 Å². The van der Waals surface area contributed by atoms with Gasteiger partial charge in [0.05, 0.1) is 13.2 Å². The number of morpholine rings is 1. The molecule has 0 aliphatic carbocycles. The van der Waals surface area contributed by atoms with E-state index in [0.717, 1.165) is 45.8 Å². The molecule has 8 heteroatoms. The van der Waals surface area contributed by atoms with Crippen LogP contribution in [-0.2, 0) is 4.74 Å². The topological polar surface area (TPSA) is 90.7 Å². The first-order valence-corrected chi connectivity index (χ1v) is 6.48. The first kappa shape index (κ1) is 14.2. The molecular weight excluding hydrogens is 247 g/mol. The molecule has 104 valence electrons. The van der Waals surface area contributed by atoms with Crippen molar-refractivity contribution >= 4 is 18.5 Å². The Morgan fingerprint density at radius 2 is 1.95 bits per heavy atom. The highest BCUT2D eigenvalue weighted by Crippen LogP contribution is 1.99. The highest BCUT2D eigenvalue weighted by molar-refractivity contribution is 6.58. The first-order valence-electron chi connectivity index (χ1n) is 6.48. The van der Waals surface area contributed by atoms with E-state index in [1.165, 1.54) is 12.4 Å². The summed E-state index contributed by atoms with van der Waals surface area (Å²) in [5.74, 6) is 0.506. The van der Waals surface area contributed by atoms with E-state index in [-0.39, 0.29) is 0 Å². The summed E-state index contributed by atoms with van der Waals surface area (Å²) in [5.41, 5.74) is 0.291. The van der Waals surface area contributed by atoms with Gasteiger partial charge in [-0.2, -0.15) is 0 Å². The lowest BCUT2D eigenvalue weighted by Crippen LogP contribution is -2.37. The second-order valence-corrected chi connectivity index (χ2v) is 4.45. The molecule has 0 unspecified atom stereocenters. The summed E-state index contributed by atoms with van der Waals surface area (Å²) in [6.45, 7) is 5.46. The first-order chi connectivity index (χ1) is 9.25. The van der Waals surface area contributed by atoms with Gasteiger partial charge in [0, 0.05) is 37.5 Å². The molecule has 0 radical (unpaired) electrons. The van der Waals surface area contributed by atoms with Gasteiger partial charge in [-0.25, -0.2) is 9.97 Å². The van der Waals surface area contributed by atoms with Crippen LogP contribution in [0.15, 0.2) is 12.4 Å². The minimum Gasteiger partial charge on any atom is -0.423 e. The van der Waals surface area contributed by atoms with E-state index < -0.39 is 7.12 Å². The van der Waals surface area contributed by atoms with E-state index in [9.17, 15) is 0 Å². The van der Waals surface area contributed by atoms with E-state index in [2.05, 4.69) is 20.2 Å². The van der Waals surface area contributed by atoms with Crippen LogP contribution < -0.4 is 10.8 Å². The van der Waals surface area contributed by atoms with Crippen molar-refractivity contribution in [1.29, 1.82) is 0 Å². The van der Waals surface area contributed by atoms with Crippen LogP contribution in [-0.4, -0.2) is 71.4 Å². The zero-order chi connectivity index (χ0) is 13.5. The Bertz CT molecular complexity index is 371. The van der Waals surface area contributed by atoms with Gasteiger partial charge >= 0.3 is 7.12 Å². The highest BCUT2D eigenvalue weighted by Gasteiger charge is 2.12. The van der Waals surface area contributed by atoms with Crippen molar-refractivity contribution in [2.45, 2.75) is 6.42 Å². The highest BCUT2D eigenvalue weighted by atomic mass is 16.5. The molecule has 19 heavy (non-hydrogen) atoms. The normalized spacial score (nSPS) is 16.3. The summed E-state index contributed by atoms with van der Waals surface area (Å²) in [6.07, 6.45) is 3.82. The summed E-state index contributed by atoms with van der Waals surface area (Å²) in [4.78, 5) is 10.4. The molecule has 2 rings (SSSR count). The Balaban J connectivity index is 1.64. The van der Waals surface area contributed by atoms with Crippen LogP contribution in [0, 0.1) is 0 Å². The van der Waals surface area contributed by atoms with E-state index in [4.69, 9.17) is 14.8 Å². The molecule has 1 aliphatic rings. The third kappa shape index (κ3) is 4.75. The molecule has 0 atom stereocenters. The standard InChI is InChI=1S/C11H19BN4O3/c17-12(18)10-8-14-11(15-9-10)13-2-1-3-16-4-6-19-7-5-16/h8-9,17-18H,1-7H2,(H,13,14,15). The fourth-order valence-corrected chi connectivity index (χ4v) is 1.89. The minimum absolute atomic E-state index is 0.291. The van der Waals surface area contributed by atoms with Crippen molar-refractivity contribution in [2.24, 2.45) is 0 Å². The molecule has 2 heterocycles. The second kappa shape index (κ2) is 7.39. The van der Waals surface area contributed by atoms with Gasteiger partial charge in [-0.05, 0) is 13.0 Å². The molecule has 3 N–H and O–H groups in total. The van der Waals surface area contributed by atoms with Crippen molar-refractivity contribution in [3.8, 4) is 0 Å². The second-order valence-electron chi connectivity index (χ2n) is 4.45. The molecule has 0 spiro atoms. The van der Waals surface area contributed by atoms with E-state index in [1.807, 2.05) is 0 Å². The number of aromatic nitrogens is 2. The maximum absolute atomic E-state index is 8.91. The number of rotatable bonds is 6. The Kier molecular flexibility index (Phi) is 5.52. The number of anilines is 1. The third-order valence-corrected chi connectivity index (χ3v) is 3.01. The third-order valence-electron chi connectivity index (χ3n) is 3.01. The van der Waals surface area contributed by atoms with Gasteiger partial charge in [-0.3, -0.25) is 4.90 Å². The van der Waals surface area contributed by atoms with Gasteiger partial charge in [-0.1, -0.05) is 0 Å². The molecule has 1 aliphatic heterocycles. The lowest BCUT2D eigenvalue weighted by atomic mass is 9.83. The number of hydrogen-bond acceptors (Lipinski definition) is 7. The maximum atomic E-state index is 8.91. The quantitative estimate of drug-likeness (QED) is 0.417. The van der Waals surface area contributed by atoms with Gasteiger partial charge in [0.25, 0.3) is 0 Å². The number of nitrogens with zero attached hydrogens (tertiary/aromatic N) is 3. The fourth-order valence-electron chi connectivity index (χ4n) is 1.89. The Labute approximate surface area is 112 Å². The molecular formula is C11H19BN4O3. The summed E-state index contributed by atoms with van der Waals surface area (Å²) in [5, 5.41) is 20.9. The molecule has 1 aromatic heterocycles. The number of hydrogen-bond donors (Lipinski definition) is 3. The predicted molar refractivity (Wildman–Crippen MR) is 72.2 cm³/mol. The van der Waals surface area contributed by atoms with Crippen LogP contribution in [0.5, 0.6) is 0 Å². The van der Waals surface area contributed by atoms with Gasteiger partial charge in [-0.15, -0.1) is 0 Å². The zero-order valence-electron chi connectivity index (χ0n) is 10.8. The Hall–Kier alpha value is -1.22. The lowest BCUT2D eigenvalue weighted by molar-refractivity contribution is 0.0378. The van der Waals surface area contributed by atoms with Crippen LogP contribution >= 0.6 is 0 Å². The molecule has 0 amide bonds. The van der Waals surface area contributed by atoms with Crippen molar-refractivity contribution in [2.75, 3.05) is 44.7 Å². The van der Waals surface area contributed by atoms with Crippen molar-refractivity contribution in [3.63, 3.8) is 0 Å². The summed E-state index contributed by atoms with van der Waals surface area (Å²) in [7, 11) is -1.52. The predicted octanol–water partition coefficient (Wildman–Crippen LogP) is -1.71. The average Bonchev–Trinajstić information content (AvgIpc) is 2.45. The monoisotopic (exact) mass is 266 g/mol. The number of ether oxygens (including phenoxy) is 1. The van der Waals surface area contributed by atoms with E-state index in [0.29, 0.717) is 11.4 Å². The van der Waals surface area contributed by atoms with E-state index in [1.54, 1.807) is 0 Å². The summed E-state index contributed by atoms with van der Waals surface area (Å²) in [6, 6.07) is 0. The maximum Gasteiger partial charge on any atom is 0.491 e. The van der Waals surface area contributed by atoms with Gasteiger partial charge in [0.15, 0.2) is 0 Å². The largest absolute Gasteiger partial charge is 0.491 e. The molecule has 0 saturated carbocycles. The fraction of sp³-hybridized carbons (Fsp3) is 0.636. The van der Waals surface area contributed by atoms with Gasteiger partial charge in [0.1, 0.15) is 0 Å². The molecule has 1 aromatic rings. The van der Waals surface area contributed by atoms with E-state index >= 15 is 0 Å². The molecule has 7 nitrogen and oxygen atoms in total. The summed E-state index contributed by atoms with van der Waals surface area (Å²) < 4.78 is 5.29. The van der Waals surface area contributed by atoms with Crippen LogP contribution in [0.2, 0.25) is 0 Å². The lowest BCUT2D eigenvalue weighted by Gasteiger charge is -2.26. The van der Waals surface area contributed by atoms with Crippen LogP contribution in [0.3, 0.4) is 0 Å². The van der Waals surface area contributed by atoms with Crippen LogP contribution in [0.4, 0.5) is 5.95 Å². The molecule has 0 aromatic carbocycles. The van der Waals surface area contributed by atoms with Crippen molar-refractivity contribution in [3.05, 3.63) is 12.4 Å². The van der Waals surface area contributed by atoms with Crippen LogP contribution in [0.25, 0.3) is 0 Å². The van der Waals surface area contributed by atoms with Crippen molar-refractivity contribution < 1.29 is 14.8 Å². The Morgan fingerprint density at radius 1 is 1.26 bits per heavy atom. The number of nitrogens with one attached hydrogen (secondary N) is 1. The van der Waals surface area contributed by atoms with Crippen LogP contribution in [0.1, 0.15) is 6.42 Å². The summed E-state index contributed by atoms with van der Waals surface area (Å²) >= 11 is 0. The molecule has 1 saturated heterocycles. The average molecular weight is 266 g/mol. The van der Waals surface area contributed by atoms with Gasteiger partial charge < -0.3 is 20.1 Å². The smallest absolute Gasteiger partial charge is 0.423 e. The SMILES string of the molecule is OB(O)c1cnc(NCCCN2CCOCC2)nc1. The minimum atomic E-state index is -1.52. The molecule has 0 bridgehead atoms. The zero-order valence-corrected chi connectivity index (χ0v) is 10.8. The van der Waals surface area contributed by atoms with Gasteiger partial charge in [0.2, 0.25) is 5.95 Å². The Morgan fingerprint density at radius 3 is 2.58 bits per heavy atom.